The van der Waals surface area contributed by atoms with Gasteiger partial charge in [-0.2, -0.15) is 5.10 Å². The smallest absolute Gasteiger partial charge is 0.0983 e. The van der Waals surface area contributed by atoms with Crippen LogP contribution >= 0.6 is 11.3 Å². The summed E-state index contributed by atoms with van der Waals surface area (Å²) in [5, 5.41) is 10.0. The highest BCUT2D eigenvalue weighted by Crippen LogP contribution is 2.27. The van der Waals surface area contributed by atoms with Crippen molar-refractivity contribution in [2.45, 2.75) is 6.54 Å². The molecule has 0 aliphatic carbocycles. The van der Waals surface area contributed by atoms with Crippen LogP contribution in [-0.2, 0) is 18.3 Å². The van der Waals surface area contributed by atoms with Crippen LogP contribution < -0.4 is 5.32 Å². The molecule has 0 atom stereocenters. The fraction of sp³-hybridized carbons (Fsp3) is 0.333. The minimum atomic E-state index is 0.707. The molecule has 6 heteroatoms. The van der Waals surface area contributed by atoms with E-state index in [0.717, 1.165) is 29.9 Å². The second-order valence-electron chi connectivity index (χ2n) is 4.87. The molecule has 5 nitrogen and oxygen atoms in total. The Kier molecular flexibility index (Phi) is 4.28. The van der Waals surface area contributed by atoms with Gasteiger partial charge in [-0.05, 0) is 17.5 Å². The van der Waals surface area contributed by atoms with Gasteiger partial charge in [0.1, 0.15) is 0 Å². The predicted octanol–water partition coefficient (Wildman–Crippen LogP) is 2.43. The van der Waals surface area contributed by atoms with Crippen molar-refractivity contribution >= 4 is 21.6 Å². The zero-order valence-electron chi connectivity index (χ0n) is 12.2. The summed E-state index contributed by atoms with van der Waals surface area (Å²) in [6.07, 6.45) is 3.95. The van der Waals surface area contributed by atoms with Crippen molar-refractivity contribution in [3.05, 3.63) is 35.5 Å². The number of methoxy groups -OCH3 is 1. The quantitative estimate of drug-likeness (QED) is 0.711. The minimum absolute atomic E-state index is 0.707. The van der Waals surface area contributed by atoms with Crippen LogP contribution in [0.4, 0.5) is 0 Å². The fourth-order valence-electron chi connectivity index (χ4n) is 2.28. The molecule has 0 aromatic carbocycles. The Morgan fingerprint density at radius 2 is 2.33 bits per heavy atom. The third kappa shape index (κ3) is 3.12. The number of hydrogen-bond acceptors (Lipinski definition) is 5. The highest BCUT2D eigenvalue weighted by molar-refractivity contribution is 7.17. The monoisotopic (exact) mass is 302 g/mol. The van der Waals surface area contributed by atoms with E-state index < -0.39 is 0 Å². The van der Waals surface area contributed by atoms with Gasteiger partial charge >= 0.3 is 0 Å². The number of aryl methyl sites for hydroxylation is 1. The van der Waals surface area contributed by atoms with Crippen LogP contribution in [0.15, 0.2) is 29.9 Å². The zero-order valence-corrected chi connectivity index (χ0v) is 13.0. The average Bonchev–Trinajstić information content (AvgIpc) is 3.09. The fourth-order valence-corrected chi connectivity index (χ4v) is 3.06. The average molecular weight is 302 g/mol. The molecule has 3 aromatic heterocycles. The number of aromatic nitrogens is 3. The number of thiophene rings is 1. The van der Waals surface area contributed by atoms with Crippen LogP contribution in [0.5, 0.6) is 0 Å². The lowest BCUT2D eigenvalue weighted by atomic mass is 10.1. The van der Waals surface area contributed by atoms with E-state index in [-0.39, 0.29) is 0 Å². The first-order chi connectivity index (χ1) is 10.3. The Morgan fingerprint density at radius 1 is 1.43 bits per heavy atom. The third-order valence-corrected chi connectivity index (χ3v) is 4.13. The molecule has 0 radical (unpaired) electrons. The number of nitrogens with zero attached hydrogens (tertiary/aromatic N) is 3. The van der Waals surface area contributed by atoms with Crippen molar-refractivity contribution in [1.82, 2.24) is 20.1 Å². The molecule has 0 saturated heterocycles. The molecule has 3 heterocycles. The van der Waals surface area contributed by atoms with E-state index in [4.69, 9.17) is 4.74 Å². The molecule has 0 unspecified atom stereocenters. The second kappa shape index (κ2) is 6.34. The van der Waals surface area contributed by atoms with E-state index in [1.54, 1.807) is 18.4 Å². The molecule has 0 spiro atoms. The molecule has 3 aromatic rings. The summed E-state index contributed by atoms with van der Waals surface area (Å²) in [5.41, 5.74) is 4.27. The first-order valence-electron chi connectivity index (χ1n) is 6.83. The summed E-state index contributed by atoms with van der Waals surface area (Å²) in [7, 11) is 3.65. The molecular weight excluding hydrogens is 284 g/mol. The Hall–Kier alpha value is -1.76. The lowest BCUT2D eigenvalue weighted by molar-refractivity contribution is 0.199. The van der Waals surface area contributed by atoms with Gasteiger partial charge in [-0.25, -0.2) is 0 Å². The van der Waals surface area contributed by atoms with Crippen molar-refractivity contribution in [2.75, 3.05) is 20.3 Å². The number of fused-ring (bicyclic) bond motifs is 1. The maximum Gasteiger partial charge on any atom is 0.0983 e. The Balaban J connectivity index is 1.86. The summed E-state index contributed by atoms with van der Waals surface area (Å²) < 4.78 is 8.09. The van der Waals surface area contributed by atoms with Crippen LogP contribution in [0.1, 0.15) is 5.56 Å². The number of nitrogens with one attached hydrogen (secondary N) is 1. The van der Waals surface area contributed by atoms with Crippen LogP contribution in [0.25, 0.3) is 21.5 Å². The molecule has 0 amide bonds. The van der Waals surface area contributed by atoms with E-state index in [0.29, 0.717) is 6.61 Å². The first kappa shape index (κ1) is 14.2. The molecule has 0 saturated carbocycles. The molecule has 0 bridgehead atoms. The van der Waals surface area contributed by atoms with Crippen molar-refractivity contribution in [3.8, 4) is 11.3 Å². The SMILES string of the molecule is COCCNCc1cn(C)nc1-c1cnc2ccsc2c1. The van der Waals surface area contributed by atoms with Crippen LogP contribution in [0.2, 0.25) is 0 Å². The molecule has 0 aliphatic rings. The largest absolute Gasteiger partial charge is 0.383 e. The summed E-state index contributed by atoms with van der Waals surface area (Å²) >= 11 is 1.70. The van der Waals surface area contributed by atoms with Crippen molar-refractivity contribution in [2.24, 2.45) is 7.05 Å². The van der Waals surface area contributed by atoms with Gasteiger partial charge in [0.05, 0.1) is 22.5 Å². The van der Waals surface area contributed by atoms with Crippen LogP contribution in [0, 0.1) is 0 Å². The normalized spacial score (nSPS) is 11.3. The molecule has 21 heavy (non-hydrogen) atoms. The highest BCUT2D eigenvalue weighted by Gasteiger charge is 2.11. The number of rotatable bonds is 6. The Bertz CT molecular complexity index is 734. The molecule has 3 rings (SSSR count). The Labute approximate surface area is 127 Å². The lowest BCUT2D eigenvalue weighted by Gasteiger charge is -2.04. The van der Waals surface area contributed by atoms with Gasteiger partial charge in [-0.15, -0.1) is 11.3 Å². The standard InChI is InChI=1S/C15H18N4OS/c1-19-10-12(8-16-4-5-20-2)15(18-19)11-7-14-13(17-9-11)3-6-21-14/h3,6-7,9-10,16H,4-5,8H2,1-2H3. The highest BCUT2D eigenvalue weighted by atomic mass is 32.1. The molecular formula is C15H18N4OS. The second-order valence-corrected chi connectivity index (χ2v) is 5.82. The summed E-state index contributed by atoms with van der Waals surface area (Å²) in [4.78, 5) is 4.50. The number of pyridine rings is 1. The van der Waals surface area contributed by atoms with Crippen molar-refractivity contribution in [1.29, 1.82) is 0 Å². The summed E-state index contributed by atoms with van der Waals surface area (Å²) in [6, 6.07) is 4.20. The third-order valence-electron chi connectivity index (χ3n) is 3.28. The number of ether oxygens (including phenoxy) is 1. The van der Waals surface area contributed by atoms with Gasteiger partial charge in [-0.3, -0.25) is 9.67 Å². The summed E-state index contributed by atoms with van der Waals surface area (Å²) in [6.45, 7) is 2.31. The maximum atomic E-state index is 5.05. The van der Waals surface area contributed by atoms with Crippen LogP contribution in [-0.4, -0.2) is 35.0 Å². The van der Waals surface area contributed by atoms with E-state index >= 15 is 0 Å². The molecule has 0 aliphatic heterocycles. The van der Waals surface area contributed by atoms with Gasteiger partial charge < -0.3 is 10.1 Å². The minimum Gasteiger partial charge on any atom is -0.383 e. The van der Waals surface area contributed by atoms with E-state index in [9.17, 15) is 0 Å². The van der Waals surface area contributed by atoms with Crippen molar-refractivity contribution in [3.63, 3.8) is 0 Å². The van der Waals surface area contributed by atoms with E-state index in [1.807, 2.05) is 30.2 Å². The topological polar surface area (TPSA) is 52.0 Å². The van der Waals surface area contributed by atoms with Crippen molar-refractivity contribution < 1.29 is 4.74 Å². The first-order valence-corrected chi connectivity index (χ1v) is 7.71. The van der Waals surface area contributed by atoms with E-state index in [1.165, 1.54) is 10.3 Å². The number of hydrogen-bond donors (Lipinski definition) is 1. The summed E-state index contributed by atoms with van der Waals surface area (Å²) in [5.74, 6) is 0. The van der Waals surface area contributed by atoms with Crippen LogP contribution in [0.3, 0.4) is 0 Å². The van der Waals surface area contributed by atoms with Gasteiger partial charge in [0.25, 0.3) is 0 Å². The molecule has 110 valence electrons. The van der Waals surface area contributed by atoms with E-state index in [2.05, 4.69) is 26.8 Å². The molecule has 0 fully saturated rings. The predicted molar refractivity (Wildman–Crippen MR) is 85.4 cm³/mol. The van der Waals surface area contributed by atoms with Gasteiger partial charge in [-0.1, -0.05) is 0 Å². The maximum absolute atomic E-state index is 5.05. The van der Waals surface area contributed by atoms with Gasteiger partial charge in [0.15, 0.2) is 0 Å². The van der Waals surface area contributed by atoms with Gasteiger partial charge in [0, 0.05) is 50.8 Å². The van der Waals surface area contributed by atoms with Gasteiger partial charge in [0.2, 0.25) is 0 Å². The zero-order chi connectivity index (χ0) is 14.7. The lowest BCUT2D eigenvalue weighted by Crippen LogP contribution is -2.18. The Morgan fingerprint density at radius 3 is 3.19 bits per heavy atom. The molecule has 1 N–H and O–H groups in total.